The van der Waals surface area contributed by atoms with Crippen molar-refractivity contribution in [1.29, 1.82) is 5.26 Å². The van der Waals surface area contributed by atoms with Crippen LogP contribution in [0.4, 0.5) is 16.4 Å². The Balaban J connectivity index is 1.55. The summed E-state index contributed by atoms with van der Waals surface area (Å²) >= 11 is 0. The van der Waals surface area contributed by atoms with E-state index in [1.54, 1.807) is 14.2 Å². The van der Waals surface area contributed by atoms with Crippen LogP contribution in [0.1, 0.15) is 40.0 Å². The number of nitrogens with zero attached hydrogens (tertiary/aromatic N) is 5. The smallest absolute Gasteiger partial charge is 0.328 e. The predicted molar refractivity (Wildman–Crippen MR) is 136 cm³/mol. The molecule has 0 aromatic carbocycles. The van der Waals surface area contributed by atoms with Gasteiger partial charge in [-0.2, -0.15) is 5.26 Å². The Labute approximate surface area is 219 Å². The molecule has 12 nitrogen and oxygen atoms in total. The Morgan fingerprint density at radius 3 is 2.84 bits per heavy atom. The van der Waals surface area contributed by atoms with Gasteiger partial charge >= 0.3 is 6.03 Å². The van der Waals surface area contributed by atoms with Gasteiger partial charge in [0, 0.05) is 45.5 Å². The van der Waals surface area contributed by atoms with E-state index in [9.17, 15) is 19.6 Å². The molecule has 12 heteroatoms. The third-order valence-electron chi connectivity index (χ3n) is 6.45. The molecule has 198 valence electrons. The number of nitriles is 1. The maximum Gasteiger partial charge on any atom is 0.328 e. The van der Waals surface area contributed by atoms with E-state index >= 15 is 0 Å². The van der Waals surface area contributed by atoms with Crippen molar-refractivity contribution in [1.82, 2.24) is 14.9 Å². The molecule has 1 saturated heterocycles. The van der Waals surface area contributed by atoms with Crippen molar-refractivity contribution in [2.75, 3.05) is 50.7 Å². The normalized spacial score (nSPS) is 16.4. The monoisotopic (exact) mass is 520 g/mol. The van der Waals surface area contributed by atoms with Crippen LogP contribution in [0.25, 0.3) is 0 Å². The molecule has 0 saturated carbocycles. The third kappa shape index (κ3) is 5.65. The number of urea groups is 1. The number of carbonyl (C=O) groups is 2. The van der Waals surface area contributed by atoms with Gasteiger partial charge in [0.25, 0.3) is 0 Å². The van der Waals surface area contributed by atoms with Gasteiger partial charge in [-0.3, -0.25) is 15.0 Å². The summed E-state index contributed by atoms with van der Waals surface area (Å²) in [6.45, 7) is 1.88. The molecule has 1 atom stereocenters. The lowest BCUT2D eigenvalue weighted by Crippen LogP contribution is -2.40. The second kappa shape index (κ2) is 12.3. The van der Waals surface area contributed by atoms with Crippen LogP contribution in [0, 0.1) is 11.3 Å². The zero-order valence-electron chi connectivity index (χ0n) is 21.2. The number of aldehydes is 1. The Morgan fingerprint density at radius 2 is 2.13 bits per heavy atom. The highest BCUT2D eigenvalue weighted by atomic mass is 16.5. The number of rotatable bonds is 9. The first-order valence-corrected chi connectivity index (χ1v) is 12.1. The molecule has 1 fully saturated rings. The summed E-state index contributed by atoms with van der Waals surface area (Å²) in [5, 5.41) is 12.0. The number of methoxy groups -OCH3 is 2. The average Bonchev–Trinajstić information content (AvgIpc) is 3.34. The van der Waals surface area contributed by atoms with Crippen molar-refractivity contribution in [2.45, 2.75) is 31.9 Å². The number of carbonyl (C=O) groups excluding carboxylic acids is 3. The summed E-state index contributed by atoms with van der Waals surface area (Å²) in [6.07, 6.45) is 3.70. The molecule has 2 aliphatic heterocycles. The number of aromatic nitrogens is 2. The number of anilines is 2. The fourth-order valence-electron chi connectivity index (χ4n) is 4.57. The number of hydrogen-bond acceptors (Lipinski definition) is 10. The Kier molecular flexibility index (Phi) is 8.66. The van der Waals surface area contributed by atoms with Crippen LogP contribution in [0.5, 0.6) is 5.75 Å². The Morgan fingerprint density at radius 1 is 1.29 bits per heavy atom. The molecule has 0 radical (unpaired) electrons. The van der Waals surface area contributed by atoms with E-state index in [0.717, 1.165) is 5.56 Å². The molecule has 1 N–H and O–H groups in total. The number of nitrogens with one attached hydrogen (secondary N) is 1. The SMILES string of the molecule is COCCOc1cc(NC(=O)N2CCCc3cc(CN4CC[C@@H](OC)C4=C=O)c(C=O)nc32)ncc1C#N. The summed E-state index contributed by atoms with van der Waals surface area (Å²) in [5.41, 5.74) is 2.33. The minimum Gasteiger partial charge on any atom is -0.490 e. The van der Waals surface area contributed by atoms with Crippen LogP contribution in [-0.4, -0.2) is 79.8 Å². The Hall–Kier alpha value is -4.30. The van der Waals surface area contributed by atoms with E-state index in [-0.39, 0.29) is 35.5 Å². The van der Waals surface area contributed by atoms with Gasteiger partial charge < -0.3 is 19.1 Å². The fourth-order valence-corrected chi connectivity index (χ4v) is 4.57. The first kappa shape index (κ1) is 26.8. The van der Waals surface area contributed by atoms with Gasteiger partial charge in [-0.1, -0.05) is 0 Å². The molecular weight excluding hydrogens is 492 g/mol. The standard InChI is InChI=1S/C26H28N6O6/c1-36-8-9-38-23-11-24(28-13-19(23)12-27)30-26(35)32-6-3-4-17-10-18(20(15-33)29-25(17)32)14-31-7-5-22(37-2)21(31)16-34/h10-11,13,15,22H,3-9,14H2,1-2H3,(H,28,30,35)/t22-/m1/s1. The van der Waals surface area contributed by atoms with Crippen LogP contribution < -0.4 is 15.0 Å². The summed E-state index contributed by atoms with van der Waals surface area (Å²) in [6, 6.07) is 4.88. The van der Waals surface area contributed by atoms with E-state index in [0.29, 0.717) is 68.9 Å². The van der Waals surface area contributed by atoms with E-state index in [1.165, 1.54) is 17.2 Å². The molecule has 38 heavy (non-hydrogen) atoms. The van der Waals surface area contributed by atoms with Crippen LogP contribution in [-0.2, 0) is 27.2 Å². The molecule has 2 aliphatic rings. The lowest BCUT2D eigenvalue weighted by Gasteiger charge is -2.29. The van der Waals surface area contributed by atoms with Crippen molar-refractivity contribution in [3.8, 4) is 11.8 Å². The van der Waals surface area contributed by atoms with Crippen LogP contribution in [0.15, 0.2) is 24.0 Å². The van der Waals surface area contributed by atoms with E-state index in [2.05, 4.69) is 15.3 Å². The Bertz CT molecular complexity index is 1300. The molecule has 4 rings (SSSR count). The van der Waals surface area contributed by atoms with Gasteiger partial charge in [0.05, 0.1) is 12.8 Å². The van der Waals surface area contributed by atoms with Gasteiger partial charge in [-0.15, -0.1) is 0 Å². The second-order valence-electron chi connectivity index (χ2n) is 8.76. The van der Waals surface area contributed by atoms with E-state index < -0.39 is 6.03 Å². The number of hydrogen-bond donors (Lipinski definition) is 1. The largest absolute Gasteiger partial charge is 0.490 e. The molecule has 4 heterocycles. The molecule has 2 aromatic rings. The lowest BCUT2D eigenvalue weighted by molar-refractivity contribution is 0.111. The molecule has 2 amide bonds. The topological polar surface area (TPSA) is 147 Å². The fraction of sp³-hybridized carbons (Fsp3) is 0.423. The maximum atomic E-state index is 13.2. The summed E-state index contributed by atoms with van der Waals surface area (Å²) in [7, 11) is 3.09. The molecule has 0 unspecified atom stereocenters. The van der Waals surface area contributed by atoms with Crippen molar-refractivity contribution >= 4 is 29.9 Å². The zero-order chi connectivity index (χ0) is 27.1. The summed E-state index contributed by atoms with van der Waals surface area (Å²) in [4.78, 5) is 48.7. The van der Waals surface area contributed by atoms with Gasteiger partial charge in [-0.25, -0.2) is 19.6 Å². The first-order chi connectivity index (χ1) is 18.5. The summed E-state index contributed by atoms with van der Waals surface area (Å²) < 4.78 is 15.9. The third-order valence-corrected chi connectivity index (χ3v) is 6.45. The lowest BCUT2D eigenvalue weighted by atomic mass is 10.0. The maximum absolute atomic E-state index is 13.2. The highest BCUT2D eigenvalue weighted by Gasteiger charge is 2.31. The number of aryl methyl sites for hydroxylation is 1. The molecule has 0 bridgehead atoms. The zero-order valence-corrected chi connectivity index (χ0v) is 21.2. The molecule has 0 aliphatic carbocycles. The predicted octanol–water partition coefficient (Wildman–Crippen LogP) is 2.11. The highest BCUT2D eigenvalue weighted by molar-refractivity contribution is 6.01. The second-order valence-corrected chi connectivity index (χ2v) is 8.76. The number of ether oxygens (including phenoxy) is 3. The molecule has 0 spiro atoms. The van der Waals surface area contributed by atoms with Gasteiger partial charge in [-0.05, 0) is 30.9 Å². The van der Waals surface area contributed by atoms with Gasteiger partial charge in [0.1, 0.15) is 59.1 Å². The molecule has 2 aromatic heterocycles. The van der Waals surface area contributed by atoms with Crippen molar-refractivity contribution in [3.63, 3.8) is 0 Å². The van der Waals surface area contributed by atoms with Crippen molar-refractivity contribution < 1.29 is 28.6 Å². The highest BCUT2D eigenvalue weighted by Crippen LogP contribution is 2.31. The van der Waals surface area contributed by atoms with E-state index in [4.69, 9.17) is 14.2 Å². The first-order valence-electron chi connectivity index (χ1n) is 12.1. The average molecular weight is 521 g/mol. The number of likely N-dealkylation sites (tertiary alicyclic amines) is 1. The number of amides is 2. The van der Waals surface area contributed by atoms with Crippen LogP contribution >= 0.6 is 0 Å². The van der Waals surface area contributed by atoms with Crippen molar-refractivity contribution in [3.05, 3.63) is 46.4 Å². The minimum absolute atomic E-state index is 0.194. The number of pyridine rings is 2. The van der Waals surface area contributed by atoms with E-state index in [1.807, 2.05) is 23.0 Å². The molecular formula is C26H28N6O6. The summed E-state index contributed by atoms with van der Waals surface area (Å²) in [5.74, 6) is 2.84. The van der Waals surface area contributed by atoms with Gasteiger partial charge in [0.15, 0.2) is 6.29 Å². The van der Waals surface area contributed by atoms with Crippen LogP contribution in [0.3, 0.4) is 0 Å². The van der Waals surface area contributed by atoms with Gasteiger partial charge in [0.2, 0.25) is 0 Å². The minimum atomic E-state index is -0.475. The quantitative estimate of drug-likeness (QED) is 0.296. The van der Waals surface area contributed by atoms with Crippen molar-refractivity contribution in [2.24, 2.45) is 0 Å². The number of fused-ring (bicyclic) bond motifs is 1. The van der Waals surface area contributed by atoms with Crippen LogP contribution in [0.2, 0.25) is 0 Å².